The molecule has 0 unspecified atom stereocenters. The molecule has 9 heteroatoms. The van der Waals surface area contributed by atoms with E-state index in [0.29, 0.717) is 38.8 Å². The largest absolute Gasteiger partial charge is 0.478 e. The minimum atomic E-state index is -1.32. The minimum Gasteiger partial charge on any atom is -0.478 e. The topological polar surface area (TPSA) is 103 Å². The van der Waals surface area contributed by atoms with E-state index in [1.54, 1.807) is 12.1 Å². The van der Waals surface area contributed by atoms with Crippen molar-refractivity contribution in [3.63, 3.8) is 0 Å². The molecule has 3 heterocycles. The van der Waals surface area contributed by atoms with Gasteiger partial charge < -0.3 is 24.7 Å². The smallest absolute Gasteiger partial charge is 0.336 e. The van der Waals surface area contributed by atoms with Gasteiger partial charge in [0.25, 0.3) is 0 Å². The zero-order valence-electron chi connectivity index (χ0n) is 18.7. The molecule has 2 aromatic carbocycles. The van der Waals surface area contributed by atoms with Crippen molar-refractivity contribution in [1.82, 2.24) is 9.80 Å². The first-order valence-electron chi connectivity index (χ1n) is 10.9. The van der Waals surface area contributed by atoms with Gasteiger partial charge in [-0.15, -0.1) is 0 Å². The summed E-state index contributed by atoms with van der Waals surface area (Å²) in [7, 11) is 2.08. The number of piperazine rings is 1. The number of ether oxygens (including phenoxy) is 1. The molecule has 0 radical (unpaired) electrons. The second kappa shape index (κ2) is 8.58. The molecule has 2 aliphatic rings. The lowest BCUT2D eigenvalue weighted by atomic mass is 9.97. The molecule has 5 rings (SSSR count). The van der Waals surface area contributed by atoms with Gasteiger partial charge in [0.15, 0.2) is 10.8 Å². The van der Waals surface area contributed by atoms with Crippen LogP contribution in [0.1, 0.15) is 16.7 Å². The molecular weight excluding hydrogens is 454 g/mol. The van der Waals surface area contributed by atoms with E-state index in [9.17, 15) is 19.8 Å². The number of benzene rings is 2. The predicted molar refractivity (Wildman–Crippen MR) is 132 cm³/mol. The zero-order valence-corrected chi connectivity index (χ0v) is 19.6. The zero-order chi connectivity index (χ0) is 24.0. The Hall–Kier alpha value is -3.69. The average Bonchev–Trinajstić information content (AvgIpc) is 3.07. The quantitative estimate of drug-likeness (QED) is 0.545. The molecule has 2 N–H and O–H groups in total. The number of hydrogen-bond acceptors (Lipinski definition) is 7. The Balaban J connectivity index is 1.80. The maximum absolute atomic E-state index is 12.1. The fourth-order valence-corrected chi connectivity index (χ4v) is 5.40. The molecule has 0 spiro atoms. The third-order valence-corrected chi connectivity index (χ3v) is 7.08. The molecule has 0 bridgehead atoms. The fraction of sp³-hybridized carbons (Fsp3) is 0.240. The summed E-state index contributed by atoms with van der Waals surface area (Å²) in [6.07, 6.45) is 0.740. The SMILES string of the molecule is Cc1ccc2c(c1)Oc1sc3cccc(C(=CC(=O)O)C(=O)O)c3c1C(N1CCN(C)CC1)=N2. The highest BCUT2D eigenvalue weighted by Crippen LogP contribution is 2.48. The summed E-state index contributed by atoms with van der Waals surface area (Å²) in [4.78, 5) is 33.0. The molecule has 8 nitrogen and oxygen atoms in total. The molecule has 2 aliphatic heterocycles. The van der Waals surface area contributed by atoms with Crippen molar-refractivity contribution in [3.05, 3.63) is 59.2 Å². The van der Waals surface area contributed by atoms with Gasteiger partial charge in [-0.1, -0.05) is 29.5 Å². The minimum absolute atomic E-state index is 0.283. The first-order chi connectivity index (χ1) is 16.3. The molecule has 3 aromatic rings. The standard InChI is InChI=1S/C25H23N3O5S/c1-14-6-7-17-18(12-14)33-25-22(23(26-17)28-10-8-27(2)9-11-28)21-15(4-3-5-19(21)34-25)16(24(31)32)13-20(29)30/h3-7,12-13H,8-11H2,1-2H3,(H,29,30)(H,31,32). The Labute approximate surface area is 200 Å². The van der Waals surface area contributed by atoms with Crippen molar-refractivity contribution >= 4 is 50.5 Å². The number of carboxylic acid groups (broad SMARTS) is 2. The number of aliphatic carboxylic acids is 2. The van der Waals surface area contributed by atoms with E-state index in [2.05, 4.69) is 16.8 Å². The van der Waals surface area contributed by atoms with Gasteiger partial charge in [-0.05, 0) is 43.3 Å². The van der Waals surface area contributed by atoms with Gasteiger partial charge in [0.2, 0.25) is 0 Å². The summed E-state index contributed by atoms with van der Waals surface area (Å²) >= 11 is 1.41. The number of likely N-dealkylation sites (N-methyl/N-ethyl adjacent to an activating group) is 1. The molecule has 0 saturated carbocycles. The van der Waals surface area contributed by atoms with Crippen molar-refractivity contribution in [2.24, 2.45) is 4.99 Å². The summed E-state index contributed by atoms with van der Waals surface area (Å²) in [5.74, 6) is -1.27. The van der Waals surface area contributed by atoms with Crippen LogP contribution >= 0.6 is 11.3 Å². The van der Waals surface area contributed by atoms with E-state index in [0.717, 1.165) is 42.5 Å². The predicted octanol–water partition coefficient (Wildman–Crippen LogP) is 4.19. The molecule has 1 aromatic heterocycles. The van der Waals surface area contributed by atoms with E-state index in [-0.39, 0.29) is 5.57 Å². The van der Waals surface area contributed by atoms with Crippen LogP contribution in [0, 0.1) is 6.92 Å². The lowest BCUT2D eigenvalue weighted by molar-refractivity contribution is -0.133. The summed E-state index contributed by atoms with van der Waals surface area (Å²) in [5, 5.41) is 20.4. The average molecular weight is 478 g/mol. The Morgan fingerprint density at radius 2 is 1.88 bits per heavy atom. The van der Waals surface area contributed by atoms with Crippen molar-refractivity contribution in [1.29, 1.82) is 0 Å². The number of carboxylic acids is 2. The second-order valence-electron chi connectivity index (χ2n) is 8.44. The summed E-state index contributed by atoms with van der Waals surface area (Å²) in [6.45, 7) is 5.23. The summed E-state index contributed by atoms with van der Waals surface area (Å²) in [6, 6.07) is 11.1. The number of aryl methyl sites for hydroxylation is 1. The molecule has 0 aliphatic carbocycles. The van der Waals surface area contributed by atoms with Gasteiger partial charge >= 0.3 is 11.9 Å². The number of carbonyl (C=O) groups is 2. The number of rotatable bonds is 3. The molecule has 34 heavy (non-hydrogen) atoms. The Morgan fingerprint density at radius 1 is 1.12 bits per heavy atom. The maximum atomic E-state index is 12.1. The van der Waals surface area contributed by atoms with Crippen LogP contribution in [0.2, 0.25) is 0 Å². The molecule has 1 saturated heterocycles. The van der Waals surface area contributed by atoms with Gasteiger partial charge in [-0.25, -0.2) is 14.6 Å². The molecular formula is C25H23N3O5S. The van der Waals surface area contributed by atoms with Crippen molar-refractivity contribution in [3.8, 4) is 10.8 Å². The van der Waals surface area contributed by atoms with Crippen LogP contribution in [-0.4, -0.2) is 71.0 Å². The third-order valence-electron chi connectivity index (χ3n) is 6.04. The van der Waals surface area contributed by atoms with Crippen molar-refractivity contribution in [2.45, 2.75) is 6.92 Å². The Bertz CT molecular complexity index is 1380. The highest BCUT2D eigenvalue weighted by Gasteiger charge is 2.31. The van der Waals surface area contributed by atoms with Gasteiger partial charge in [0, 0.05) is 42.3 Å². The Kier molecular flexibility index (Phi) is 5.59. The highest BCUT2D eigenvalue weighted by molar-refractivity contribution is 7.21. The lowest BCUT2D eigenvalue weighted by Gasteiger charge is -2.34. The number of thiophene rings is 1. The van der Waals surface area contributed by atoms with Crippen molar-refractivity contribution < 1.29 is 24.5 Å². The monoisotopic (exact) mass is 477 g/mol. The third kappa shape index (κ3) is 3.93. The van der Waals surface area contributed by atoms with Crippen LogP contribution in [0.15, 0.2) is 47.5 Å². The van der Waals surface area contributed by atoms with Crippen molar-refractivity contribution in [2.75, 3.05) is 33.2 Å². The number of hydrogen-bond donors (Lipinski definition) is 2. The van der Waals surface area contributed by atoms with Crippen LogP contribution < -0.4 is 4.74 Å². The molecule has 0 atom stereocenters. The molecule has 174 valence electrons. The Morgan fingerprint density at radius 3 is 2.59 bits per heavy atom. The highest BCUT2D eigenvalue weighted by atomic mass is 32.1. The van der Waals surface area contributed by atoms with Gasteiger partial charge in [-0.3, -0.25) is 0 Å². The fourth-order valence-electron chi connectivity index (χ4n) is 4.32. The number of aliphatic imine (C=N–C) groups is 1. The van der Waals surface area contributed by atoms with Gasteiger partial charge in [0.1, 0.15) is 11.5 Å². The van der Waals surface area contributed by atoms with Gasteiger partial charge in [-0.2, -0.15) is 0 Å². The van der Waals surface area contributed by atoms with E-state index in [4.69, 9.17) is 9.73 Å². The van der Waals surface area contributed by atoms with E-state index < -0.39 is 11.9 Å². The van der Waals surface area contributed by atoms with E-state index in [1.165, 1.54) is 11.3 Å². The van der Waals surface area contributed by atoms with Crippen LogP contribution in [0.5, 0.6) is 10.8 Å². The van der Waals surface area contributed by atoms with Crippen LogP contribution in [0.3, 0.4) is 0 Å². The van der Waals surface area contributed by atoms with Crippen LogP contribution in [-0.2, 0) is 9.59 Å². The summed E-state index contributed by atoms with van der Waals surface area (Å²) < 4.78 is 7.17. The van der Waals surface area contributed by atoms with Crippen LogP contribution in [0.4, 0.5) is 5.69 Å². The first-order valence-corrected chi connectivity index (χ1v) is 11.7. The van der Waals surface area contributed by atoms with E-state index in [1.807, 2.05) is 31.2 Å². The molecule has 0 amide bonds. The van der Waals surface area contributed by atoms with Gasteiger partial charge in [0.05, 0.1) is 11.1 Å². The number of amidine groups is 1. The molecule has 1 fully saturated rings. The number of nitrogens with zero attached hydrogens (tertiary/aromatic N) is 3. The number of fused-ring (bicyclic) bond motifs is 4. The second-order valence-corrected chi connectivity index (χ2v) is 9.46. The van der Waals surface area contributed by atoms with Crippen LogP contribution in [0.25, 0.3) is 15.7 Å². The van der Waals surface area contributed by atoms with E-state index >= 15 is 0 Å². The maximum Gasteiger partial charge on any atom is 0.336 e. The first kappa shape index (κ1) is 22.1. The normalized spacial score (nSPS) is 16.4. The lowest BCUT2D eigenvalue weighted by Crippen LogP contribution is -2.47. The summed E-state index contributed by atoms with van der Waals surface area (Å²) in [5.41, 5.74) is 2.49.